The molecule has 0 amide bonds. The van der Waals surface area contributed by atoms with Gasteiger partial charge in [0.15, 0.2) is 17.4 Å². The van der Waals surface area contributed by atoms with Crippen LogP contribution in [0.25, 0.3) is 5.69 Å². The number of hydrazone groups is 2. The zero-order chi connectivity index (χ0) is 44.7. The number of amidine groups is 1. The fourth-order valence-electron chi connectivity index (χ4n) is 6.66. The van der Waals surface area contributed by atoms with E-state index in [4.69, 9.17) is 23.5 Å². The Balaban J connectivity index is 0.974. The predicted molar refractivity (Wildman–Crippen MR) is 240 cm³/mol. The van der Waals surface area contributed by atoms with E-state index in [1.165, 1.54) is 16.9 Å². The van der Waals surface area contributed by atoms with Gasteiger partial charge in [-0.05, 0) is 86.1 Å². The van der Waals surface area contributed by atoms with Crippen molar-refractivity contribution in [1.82, 2.24) is 15.3 Å². The first-order valence-corrected chi connectivity index (χ1v) is 22.5. The summed E-state index contributed by atoms with van der Waals surface area (Å²) in [7, 11) is -3.43. The molecule has 0 fully saturated rings. The third-order valence-electron chi connectivity index (χ3n) is 9.57. The van der Waals surface area contributed by atoms with Crippen molar-refractivity contribution >= 4 is 55.6 Å². The lowest BCUT2D eigenvalue weighted by molar-refractivity contribution is 0.255. The molecule has 5 aromatic rings. The minimum absolute atomic E-state index is 0.00344. The molecular weight excluding hydrogens is 838 g/mol. The number of benzene rings is 4. The first-order valence-electron chi connectivity index (χ1n) is 19.5. The van der Waals surface area contributed by atoms with Gasteiger partial charge in [-0.25, -0.2) is 17.8 Å². The van der Waals surface area contributed by atoms with Crippen molar-refractivity contribution in [3.63, 3.8) is 0 Å². The largest absolute Gasteiger partial charge is 0.489 e. The zero-order valence-electron chi connectivity index (χ0n) is 35.7. The van der Waals surface area contributed by atoms with Crippen molar-refractivity contribution in [2.24, 2.45) is 20.6 Å². The minimum atomic E-state index is -3.43. The number of nitrogens with one attached hydrogen (secondary N) is 4. The van der Waals surface area contributed by atoms with E-state index in [1.54, 1.807) is 53.6 Å². The van der Waals surface area contributed by atoms with E-state index in [0.29, 0.717) is 57.0 Å². The molecule has 2 aliphatic heterocycles. The van der Waals surface area contributed by atoms with Crippen molar-refractivity contribution < 1.29 is 30.5 Å². The Kier molecular flexibility index (Phi) is 11.8. The molecule has 0 saturated carbocycles. The summed E-state index contributed by atoms with van der Waals surface area (Å²) in [5.74, 6) is 0.774. The van der Waals surface area contributed by atoms with E-state index in [1.807, 2.05) is 73.6 Å². The fourth-order valence-corrected chi connectivity index (χ4v) is 7.87. The summed E-state index contributed by atoms with van der Waals surface area (Å²) in [6, 6.07) is 23.0. The number of aryl methyl sites for hydroxylation is 2. The van der Waals surface area contributed by atoms with Gasteiger partial charge in [0.1, 0.15) is 23.8 Å². The van der Waals surface area contributed by atoms with Crippen LogP contribution in [0.1, 0.15) is 69.6 Å². The van der Waals surface area contributed by atoms with Gasteiger partial charge >= 0.3 is 11.3 Å². The second-order valence-electron chi connectivity index (χ2n) is 17.0. The van der Waals surface area contributed by atoms with Gasteiger partial charge in [0.2, 0.25) is 16.2 Å². The maximum atomic E-state index is 15.4. The number of anilines is 3. The molecule has 62 heavy (non-hydrogen) atoms. The number of rotatable bonds is 13. The first kappa shape index (κ1) is 43.6. The van der Waals surface area contributed by atoms with Crippen LogP contribution in [0, 0.1) is 25.1 Å². The van der Waals surface area contributed by atoms with Crippen LogP contribution in [0.15, 0.2) is 109 Å². The molecule has 3 heterocycles. The number of aromatic nitrogens is 1. The number of ether oxygens (including phenoxy) is 1. The molecule has 2 unspecified atom stereocenters. The minimum Gasteiger partial charge on any atom is -0.489 e. The molecule has 16 nitrogen and oxygen atoms in total. The average molecular weight is 886 g/mol. The lowest BCUT2D eigenvalue weighted by atomic mass is 9.87. The van der Waals surface area contributed by atoms with Gasteiger partial charge in [0.05, 0.1) is 28.9 Å². The van der Waals surface area contributed by atoms with Crippen molar-refractivity contribution in [2.45, 2.75) is 73.6 Å². The lowest BCUT2D eigenvalue weighted by Gasteiger charge is -2.18. The molecule has 2 atom stereocenters. The number of hydrogen-bond donors (Lipinski definition) is 4. The van der Waals surface area contributed by atoms with Crippen molar-refractivity contribution in [2.75, 3.05) is 21.1 Å². The molecule has 7 rings (SSSR count). The summed E-state index contributed by atoms with van der Waals surface area (Å²) in [6.45, 7) is 15.7. The SMILES string of the molecule is Cc1ccc(-n2oc(C(C)(C)C)c(COc3ccc(NS(=O)Oc4ccc(NN=C5C(C(C)(C)C)=NN6NC(c7ccc(NS(C)(=O)=O)cc7)=NC56)c(F)c4)cc3)c2=O)c(C)c1. The van der Waals surface area contributed by atoms with Gasteiger partial charge in [0.25, 0.3) is 5.56 Å². The number of hydrogen-bond acceptors (Lipinski definition) is 13. The molecule has 326 valence electrons. The Labute approximate surface area is 361 Å². The average Bonchev–Trinajstić information content (AvgIpc) is 3.85. The van der Waals surface area contributed by atoms with Crippen molar-refractivity contribution in [1.29, 1.82) is 0 Å². The first-order chi connectivity index (χ1) is 29.1. The molecular formula is C43H48FN9O7S2. The Hall–Kier alpha value is -6.47. The Bertz CT molecular complexity index is 2810. The van der Waals surface area contributed by atoms with Gasteiger partial charge in [-0.2, -0.15) is 19.5 Å². The Morgan fingerprint density at radius 3 is 2.23 bits per heavy atom. The highest BCUT2D eigenvalue weighted by Gasteiger charge is 2.43. The topological polar surface area (TPSA) is 193 Å². The number of aliphatic imine (C=N–C) groups is 1. The van der Waals surface area contributed by atoms with Crippen molar-refractivity contribution in [3.8, 4) is 17.2 Å². The van der Waals surface area contributed by atoms with Gasteiger partial charge in [0, 0.05) is 33.8 Å². The van der Waals surface area contributed by atoms with Gasteiger partial charge in [-0.1, -0.05) is 59.2 Å². The van der Waals surface area contributed by atoms with Crippen LogP contribution < -0.4 is 34.8 Å². The predicted octanol–water partition coefficient (Wildman–Crippen LogP) is 7.28. The van der Waals surface area contributed by atoms with Gasteiger partial charge in [-0.15, -0.1) is 4.74 Å². The quantitative estimate of drug-likeness (QED) is 0.0874. The van der Waals surface area contributed by atoms with Crippen LogP contribution in [0.4, 0.5) is 21.5 Å². The molecule has 0 radical (unpaired) electrons. The molecule has 0 saturated heterocycles. The summed E-state index contributed by atoms with van der Waals surface area (Å²) in [6.07, 6.45) is 0.414. The fraction of sp³-hybridized carbons (Fsp3) is 0.302. The summed E-state index contributed by atoms with van der Waals surface area (Å²) in [4.78, 5) is 18.4. The van der Waals surface area contributed by atoms with E-state index in [2.05, 4.69) is 25.4 Å². The van der Waals surface area contributed by atoms with E-state index >= 15 is 4.39 Å². The normalized spacial score (nSPS) is 16.3. The number of halogens is 1. The van der Waals surface area contributed by atoms with E-state index in [9.17, 15) is 17.4 Å². The lowest BCUT2D eigenvalue weighted by Crippen LogP contribution is -2.37. The van der Waals surface area contributed by atoms with Crippen LogP contribution >= 0.6 is 0 Å². The molecule has 19 heteroatoms. The summed E-state index contributed by atoms with van der Waals surface area (Å²) < 4.78 is 75.6. The maximum Gasteiger partial charge on any atom is 0.316 e. The van der Waals surface area contributed by atoms with Crippen molar-refractivity contribution in [3.05, 3.63) is 129 Å². The van der Waals surface area contributed by atoms with E-state index in [0.717, 1.165) is 23.4 Å². The van der Waals surface area contributed by atoms with Crippen LogP contribution in [-0.2, 0) is 33.3 Å². The Morgan fingerprint density at radius 1 is 0.919 bits per heavy atom. The van der Waals surface area contributed by atoms with Crippen LogP contribution in [0.2, 0.25) is 0 Å². The second-order valence-corrected chi connectivity index (χ2v) is 19.6. The monoisotopic (exact) mass is 885 g/mol. The molecule has 4 aromatic carbocycles. The van der Waals surface area contributed by atoms with Gasteiger partial charge < -0.3 is 13.4 Å². The van der Waals surface area contributed by atoms with Crippen LogP contribution in [0.5, 0.6) is 11.5 Å². The van der Waals surface area contributed by atoms with Crippen LogP contribution in [0.3, 0.4) is 0 Å². The molecule has 0 bridgehead atoms. The number of hydrazine groups is 1. The summed E-state index contributed by atoms with van der Waals surface area (Å²) in [5, 5.41) is 10.8. The molecule has 1 aromatic heterocycles. The van der Waals surface area contributed by atoms with E-state index in [-0.39, 0.29) is 23.6 Å². The maximum absolute atomic E-state index is 15.4. The number of sulfonamides is 1. The molecule has 2 aliphatic rings. The Morgan fingerprint density at radius 2 is 1.60 bits per heavy atom. The molecule has 0 aliphatic carbocycles. The number of nitrogens with zero attached hydrogens (tertiary/aromatic N) is 5. The highest BCUT2D eigenvalue weighted by Crippen LogP contribution is 2.31. The number of fused-ring (bicyclic) bond motifs is 1. The zero-order valence-corrected chi connectivity index (χ0v) is 37.3. The van der Waals surface area contributed by atoms with E-state index < -0.39 is 44.1 Å². The third-order valence-corrected chi connectivity index (χ3v) is 10.9. The second kappa shape index (κ2) is 16.8. The highest BCUT2D eigenvalue weighted by molar-refractivity contribution is 7.92. The molecule has 4 N–H and O–H groups in total. The summed E-state index contributed by atoms with van der Waals surface area (Å²) in [5.41, 5.74) is 10.5. The standard InChI is InChI=1S/C43H48FN9O7S2/c1-25-10-21-35(26(2)22-25)52-41(54)32(38(59-52)43(6,7)8)24-58-30-17-15-28(16-18-30)50-61(55)60-31-19-20-34(33(44)23-31)46-47-36-37(42(3,4)5)48-53-40(36)45-39(49-53)27-11-13-29(14-12-27)51-62(9,56)57/h10-23,40,46,50-51H,24H2,1-9H3,(H,45,49). The van der Waals surface area contributed by atoms with Gasteiger partial charge in [-0.3, -0.25) is 25.1 Å². The smallest absolute Gasteiger partial charge is 0.316 e. The highest BCUT2D eigenvalue weighted by atomic mass is 32.2. The van der Waals surface area contributed by atoms with Crippen LogP contribution in [-0.4, -0.2) is 52.2 Å². The third kappa shape index (κ3) is 9.84. The summed E-state index contributed by atoms with van der Waals surface area (Å²) >= 11 is -2.10. The molecule has 0 spiro atoms.